The molecule has 0 saturated carbocycles. The molecule has 0 bridgehead atoms. The summed E-state index contributed by atoms with van der Waals surface area (Å²) in [6, 6.07) is 4.16. The van der Waals surface area contributed by atoms with Crippen LogP contribution in [-0.4, -0.2) is 36.3 Å². The van der Waals surface area contributed by atoms with Crippen molar-refractivity contribution in [2.75, 3.05) is 19.6 Å². The minimum absolute atomic E-state index is 0.143. The average Bonchev–Trinajstić information content (AvgIpc) is 2.98. The van der Waals surface area contributed by atoms with Gasteiger partial charge in [-0.05, 0) is 25.0 Å². The number of hydrogen-bond donors (Lipinski definition) is 2. The maximum atomic E-state index is 13.7. The number of hydrogen-bond acceptors (Lipinski definition) is 3. The summed E-state index contributed by atoms with van der Waals surface area (Å²) in [5.74, 6) is -0.973. The van der Waals surface area contributed by atoms with Crippen LogP contribution in [0.25, 0.3) is 0 Å². The number of halogens is 1. The molecule has 21 heavy (non-hydrogen) atoms. The summed E-state index contributed by atoms with van der Waals surface area (Å²) >= 11 is 0. The van der Waals surface area contributed by atoms with E-state index in [4.69, 9.17) is 5.73 Å². The molecule has 0 radical (unpaired) electrons. The minimum Gasteiger partial charge on any atom is -0.366 e. The lowest BCUT2D eigenvalue weighted by molar-refractivity contribution is -0.130. The van der Waals surface area contributed by atoms with E-state index < -0.39 is 11.7 Å². The zero-order chi connectivity index (χ0) is 15.2. The molecule has 0 aliphatic carbocycles. The lowest BCUT2D eigenvalue weighted by Gasteiger charge is -2.15. The Morgan fingerprint density at radius 1 is 1.29 bits per heavy atom. The van der Waals surface area contributed by atoms with Crippen molar-refractivity contribution < 1.29 is 14.0 Å². The van der Waals surface area contributed by atoms with E-state index in [0.717, 1.165) is 32.0 Å². The third-order valence-corrected chi connectivity index (χ3v) is 3.63. The van der Waals surface area contributed by atoms with Crippen LogP contribution in [0.15, 0.2) is 18.2 Å². The highest BCUT2D eigenvalue weighted by atomic mass is 19.1. The first-order valence-electron chi connectivity index (χ1n) is 7.14. The summed E-state index contributed by atoms with van der Waals surface area (Å²) in [6.45, 7) is 2.52. The molecule has 2 amide bonds. The van der Waals surface area contributed by atoms with E-state index >= 15 is 0 Å². The highest BCUT2D eigenvalue weighted by Gasteiger charge is 2.17. The van der Waals surface area contributed by atoms with Crippen LogP contribution >= 0.6 is 0 Å². The van der Waals surface area contributed by atoms with Gasteiger partial charge in [0.15, 0.2) is 0 Å². The van der Waals surface area contributed by atoms with E-state index in [2.05, 4.69) is 5.32 Å². The maximum absolute atomic E-state index is 13.7. The Labute approximate surface area is 123 Å². The van der Waals surface area contributed by atoms with Gasteiger partial charge in [-0.3, -0.25) is 9.59 Å². The maximum Gasteiger partial charge on any atom is 0.248 e. The molecule has 1 heterocycles. The highest BCUT2D eigenvalue weighted by Crippen LogP contribution is 2.11. The van der Waals surface area contributed by atoms with Crippen LogP contribution in [0.3, 0.4) is 0 Å². The monoisotopic (exact) mass is 293 g/mol. The fraction of sp³-hybridized carbons (Fsp3) is 0.467. The average molecular weight is 293 g/mol. The zero-order valence-corrected chi connectivity index (χ0v) is 11.9. The smallest absolute Gasteiger partial charge is 0.248 e. The molecule has 6 heteroatoms. The lowest BCUT2D eigenvalue weighted by Crippen LogP contribution is -2.30. The molecule has 1 aromatic carbocycles. The predicted molar refractivity (Wildman–Crippen MR) is 77.1 cm³/mol. The first-order chi connectivity index (χ1) is 10.1. The molecule has 2 rings (SSSR count). The molecule has 0 unspecified atom stereocenters. The standard InChI is InChI=1S/C15H20FN3O2/c16-13-9-11(15(17)21)3-4-12(13)10-18-6-5-14(20)19-7-1-2-8-19/h3-4,9,18H,1-2,5-8,10H2,(H2,17,21). The highest BCUT2D eigenvalue weighted by molar-refractivity contribution is 5.92. The number of rotatable bonds is 6. The zero-order valence-electron chi connectivity index (χ0n) is 11.9. The molecule has 114 valence electrons. The van der Waals surface area contributed by atoms with Crippen LogP contribution in [-0.2, 0) is 11.3 Å². The molecule has 0 spiro atoms. The van der Waals surface area contributed by atoms with Gasteiger partial charge in [0.05, 0.1) is 0 Å². The molecular formula is C15H20FN3O2. The fourth-order valence-corrected chi connectivity index (χ4v) is 2.39. The minimum atomic E-state index is -0.649. The molecule has 0 atom stereocenters. The Balaban J connectivity index is 1.75. The van der Waals surface area contributed by atoms with Crippen molar-refractivity contribution in [1.29, 1.82) is 0 Å². The normalized spacial score (nSPS) is 14.4. The van der Waals surface area contributed by atoms with Gasteiger partial charge in [0.1, 0.15) is 5.82 Å². The van der Waals surface area contributed by atoms with Crippen LogP contribution in [0.1, 0.15) is 35.2 Å². The molecule has 1 saturated heterocycles. The van der Waals surface area contributed by atoms with E-state index in [1.54, 1.807) is 0 Å². The Morgan fingerprint density at radius 3 is 2.62 bits per heavy atom. The second-order valence-electron chi connectivity index (χ2n) is 5.19. The van der Waals surface area contributed by atoms with Crippen molar-refractivity contribution in [1.82, 2.24) is 10.2 Å². The van der Waals surface area contributed by atoms with Gasteiger partial charge >= 0.3 is 0 Å². The number of primary amides is 1. The van der Waals surface area contributed by atoms with Gasteiger partial charge in [-0.25, -0.2) is 4.39 Å². The second kappa shape index (κ2) is 7.17. The molecule has 1 aliphatic rings. The second-order valence-corrected chi connectivity index (χ2v) is 5.19. The van der Waals surface area contributed by atoms with E-state index in [-0.39, 0.29) is 11.5 Å². The van der Waals surface area contributed by atoms with E-state index in [1.165, 1.54) is 12.1 Å². The number of nitrogens with zero attached hydrogens (tertiary/aromatic N) is 1. The Morgan fingerprint density at radius 2 is 2.00 bits per heavy atom. The van der Waals surface area contributed by atoms with E-state index in [1.807, 2.05) is 4.90 Å². The van der Waals surface area contributed by atoms with Crippen molar-refractivity contribution in [3.8, 4) is 0 Å². The SMILES string of the molecule is NC(=O)c1ccc(CNCCC(=O)N2CCCC2)c(F)c1. The van der Waals surface area contributed by atoms with Crippen molar-refractivity contribution >= 4 is 11.8 Å². The Hall–Kier alpha value is -1.95. The predicted octanol–water partition coefficient (Wildman–Crippen LogP) is 1.03. The van der Waals surface area contributed by atoms with Crippen LogP contribution in [0.4, 0.5) is 4.39 Å². The molecule has 5 nitrogen and oxygen atoms in total. The van der Waals surface area contributed by atoms with Crippen LogP contribution in [0, 0.1) is 5.82 Å². The number of amides is 2. The number of likely N-dealkylation sites (tertiary alicyclic amines) is 1. The summed E-state index contributed by atoms with van der Waals surface area (Å²) < 4.78 is 13.7. The molecular weight excluding hydrogens is 273 g/mol. The quantitative estimate of drug-likeness (QED) is 0.769. The lowest BCUT2D eigenvalue weighted by atomic mass is 10.1. The van der Waals surface area contributed by atoms with Crippen LogP contribution < -0.4 is 11.1 Å². The summed E-state index contributed by atoms with van der Waals surface area (Å²) in [7, 11) is 0. The van der Waals surface area contributed by atoms with Gasteiger partial charge in [-0.15, -0.1) is 0 Å². The Kier molecular flexibility index (Phi) is 5.27. The molecule has 3 N–H and O–H groups in total. The van der Waals surface area contributed by atoms with Gasteiger partial charge in [-0.1, -0.05) is 6.07 Å². The molecule has 1 aromatic rings. The van der Waals surface area contributed by atoms with Crippen LogP contribution in [0.2, 0.25) is 0 Å². The summed E-state index contributed by atoms with van der Waals surface area (Å²) in [5.41, 5.74) is 5.69. The first kappa shape index (κ1) is 15.4. The van der Waals surface area contributed by atoms with Crippen molar-refractivity contribution in [2.24, 2.45) is 5.73 Å². The molecule has 1 aliphatic heterocycles. The largest absolute Gasteiger partial charge is 0.366 e. The molecule has 1 fully saturated rings. The number of carbonyl (C=O) groups excluding carboxylic acids is 2. The number of nitrogens with one attached hydrogen (secondary N) is 1. The van der Waals surface area contributed by atoms with Gasteiger partial charge in [-0.2, -0.15) is 0 Å². The van der Waals surface area contributed by atoms with E-state index in [0.29, 0.717) is 25.1 Å². The van der Waals surface area contributed by atoms with Crippen molar-refractivity contribution in [3.63, 3.8) is 0 Å². The number of benzene rings is 1. The third-order valence-electron chi connectivity index (χ3n) is 3.63. The van der Waals surface area contributed by atoms with E-state index in [9.17, 15) is 14.0 Å². The van der Waals surface area contributed by atoms with Gasteiger partial charge in [0.25, 0.3) is 0 Å². The van der Waals surface area contributed by atoms with Gasteiger partial charge < -0.3 is 16.0 Å². The summed E-state index contributed by atoms with van der Waals surface area (Å²) in [6.07, 6.45) is 2.58. The number of nitrogens with two attached hydrogens (primary N) is 1. The molecule has 0 aromatic heterocycles. The van der Waals surface area contributed by atoms with Crippen molar-refractivity contribution in [3.05, 3.63) is 35.1 Å². The first-order valence-corrected chi connectivity index (χ1v) is 7.14. The van der Waals surface area contributed by atoms with Crippen LogP contribution in [0.5, 0.6) is 0 Å². The fourth-order valence-electron chi connectivity index (χ4n) is 2.39. The summed E-state index contributed by atoms with van der Waals surface area (Å²) in [5, 5.41) is 3.04. The van der Waals surface area contributed by atoms with Crippen molar-refractivity contribution in [2.45, 2.75) is 25.8 Å². The Bertz CT molecular complexity index is 528. The topological polar surface area (TPSA) is 75.4 Å². The third kappa shape index (κ3) is 4.26. The summed E-state index contributed by atoms with van der Waals surface area (Å²) in [4.78, 5) is 24.6. The van der Waals surface area contributed by atoms with Gasteiger partial charge in [0.2, 0.25) is 11.8 Å². The van der Waals surface area contributed by atoms with Gasteiger partial charge in [0, 0.05) is 43.7 Å². The number of carbonyl (C=O) groups is 2.